The van der Waals surface area contributed by atoms with Gasteiger partial charge in [0, 0.05) is 16.5 Å². The topological polar surface area (TPSA) is 3.24 Å². The Labute approximate surface area is 317 Å². The molecule has 9 aromatic rings. The van der Waals surface area contributed by atoms with Crippen molar-refractivity contribution in [2.24, 2.45) is 0 Å². The molecule has 0 aliphatic heterocycles. The third-order valence-corrected chi connectivity index (χ3v) is 11.1. The van der Waals surface area contributed by atoms with Gasteiger partial charge in [0.2, 0.25) is 0 Å². The van der Waals surface area contributed by atoms with Gasteiger partial charge in [-0.15, -0.1) is 0 Å². The first-order valence-corrected chi connectivity index (χ1v) is 18.7. The van der Waals surface area contributed by atoms with Crippen molar-refractivity contribution in [1.82, 2.24) is 0 Å². The Morgan fingerprint density at radius 3 is 1.57 bits per heavy atom. The average Bonchev–Trinajstić information content (AvgIpc) is 3.57. The van der Waals surface area contributed by atoms with Crippen molar-refractivity contribution in [3.05, 3.63) is 247 Å². The summed E-state index contributed by atoms with van der Waals surface area (Å²) in [5.41, 5.74) is 15.2. The maximum atomic E-state index is 2.54. The van der Waals surface area contributed by atoms with Crippen molar-refractivity contribution in [2.75, 3.05) is 4.90 Å². The van der Waals surface area contributed by atoms with Gasteiger partial charge in [-0.3, -0.25) is 0 Å². The van der Waals surface area contributed by atoms with Crippen LogP contribution in [0.3, 0.4) is 0 Å². The summed E-state index contributed by atoms with van der Waals surface area (Å²) in [5.74, 6) is 0. The molecule has 54 heavy (non-hydrogen) atoms. The second kappa shape index (κ2) is 13.2. The van der Waals surface area contributed by atoms with Crippen LogP contribution in [0.2, 0.25) is 0 Å². The maximum absolute atomic E-state index is 2.54. The minimum Gasteiger partial charge on any atom is -0.309 e. The van der Waals surface area contributed by atoms with Crippen molar-refractivity contribution in [1.29, 1.82) is 0 Å². The molecular formula is C53H37N. The molecule has 0 aromatic heterocycles. The second-order valence-electron chi connectivity index (χ2n) is 14.0. The molecule has 1 aliphatic rings. The molecule has 10 rings (SSSR count). The van der Waals surface area contributed by atoms with E-state index in [0.29, 0.717) is 0 Å². The van der Waals surface area contributed by atoms with Gasteiger partial charge in [0.25, 0.3) is 0 Å². The molecule has 0 amide bonds. The molecule has 0 saturated carbocycles. The fourth-order valence-corrected chi connectivity index (χ4v) is 8.84. The van der Waals surface area contributed by atoms with Gasteiger partial charge in [0.15, 0.2) is 0 Å². The number of nitrogens with zero attached hydrogens (tertiary/aromatic N) is 1. The highest BCUT2D eigenvalue weighted by Crippen LogP contribution is 2.60. The lowest BCUT2D eigenvalue weighted by atomic mass is 9.68. The zero-order chi connectivity index (χ0) is 35.9. The molecule has 0 unspecified atom stereocenters. The van der Waals surface area contributed by atoms with E-state index < -0.39 is 5.41 Å². The predicted molar refractivity (Wildman–Crippen MR) is 227 cm³/mol. The summed E-state index contributed by atoms with van der Waals surface area (Å²) in [4.78, 5) is 2.54. The summed E-state index contributed by atoms with van der Waals surface area (Å²) in [7, 11) is 0. The number of hydrogen-bond donors (Lipinski definition) is 0. The zero-order valence-corrected chi connectivity index (χ0v) is 29.8. The first kappa shape index (κ1) is 31.7. The van der Waals surface area contributed by atoms with Gasteiger partial charge in [-0.25, -0.2) is 0 Å². The second-order valence-corrected chi connectivity index (χ2v) is 14.0. The SMILES string of the molecule is c1ccc(-c2ccc(-c3ccccc3)c(N(c3cccc4c3-c3ccccc3C4(c3ccccc3)c3ccccc3)c3cccc4ccccc34)c2)cc1. The van der Waals surface area contributed by atoms with Crippen LogP contribution >= 0.6 is 0 Å². The number of hydrogen-bond acceptors (Lipinski definition) is 1. The van der Waals surface area contributed by atoms with Gasteiger partial charge < -0.3 is 4.90 Å². The number of benzene rings is 9. The van der Waals surface area contributed by atoms with Crippen molar-refractivity contribution < 1.29 is 0 Å². The molecule has 0 atom stereocenters. The van der Waals surface area contributed by atoms with E-state index in [2.05, 4.69) is 229 Å². The van der Waals surface area contributed by atoms with Crippen LogP contribution in [0, 0.1) is 0 Å². The first-order chi connectivity index (χ1) is 26.8. The molecule has 1 aliphatic carbocycles. The summed E-state index contributed by atoms with van der Waals surface area (Å²) in [6.45, 7) is 0. The van der Waals surface area contributed by atoms with Gasteiger partial charge in [0.1, 0.15) is 0 Å². The molecule has 0 heterocycles. The minimum atomic E-state index is -0.511. The molecule has 9 aromatic carbocycles. The van der Waals surface area contributed by atoms with E-state index >= 15 is 0 Å². The summed E-state index contributed by atoms with van der Waals surface area (Å²) in [6.07, 6.45) is 0. The molecule has 0 bridgehead atoms. The van der Waals surface area contributed by atoms with Gasteiger partial charge in [-0.1, -0.05) is 206 Å². The van der Waals surface area contributed by atoms with E-state index in [-0.39, 0.29) is 0 Å². The smallest absolute Gasteiger partial charge is 0.0714 e. The van der Waals surface area contributed by atoms with E-state index in [4.69, 9.17) is 0 Å². The molecule has 0 fully saturated rings. The number of rotatable bonds is 7. The lowest BCUT2D eigenvalue weighted by molar-refractivity contribution is 0.768. The number of anilines is 3. The van der Waals surface area contributed by atoms with Gasteiger partial charge in [-0.05, 0) is 68.1 Å². The average molecular weight is 688 g/mol. The Hall–Kier alpha value is -6.96. The predicted octanol–water partition coefficient (Wildman–Crippen LogP) is 14.0. The van der Waals surface area contributed by atoms with Gasteiger partial charge >= 0.3 is 0 Å². The lowest BCUT2D eigenvalue weighted by Gasteiger charge is -2.35. The highest BCUT2D eigenvalue weighted by molar-refractivity contribution is 6.05. The quantitative estimate of drug-likeness (QED) is 0.161. The minimum absolute atomic E-state index is 0.511. The monoisotopic (exact) mass is 687 g/mol. The van der Waals surface area contributed by atoms with Crippen LogP contribution in [-0.2, 0) is 5.41 Å². The van der Waals surface area contributed by atoms with E-state index in [1.807, 2.05) is 0 Å². The van der Waals surface area contributed by atoms with Crippen LogP contribution in [0.25, 0.3) is 44.2 Å². The molecule has 0 spiro atoms. The molecule has 1 nitrogen and oxygen atoms in total. The van der Waals surface area contributed by atoms with E-state index in [0.717, 1.165) is 17.1 Å². The van der Waals surface area contributed by atoms with Crippen LogP contribution < -0.4 is 4.90 Å². The fraction of sp³-hybridized carbons (Fsp3) is 0.0189. The third kappa shape index (κ3) is 5.01. The fourth-order valence-electron chi connectivity index (χ4n) is 8.84. The summed E-state index contributed by atoms with van der Waals surface area (Å²) in [6, 6.07) is 82.1. The van der Waals surface area contributed by atoms with Crippen molar-refractivity contribution in [3.8, 4) is 33.4 Å². The first-order valence-electron chi connectivity index (χ1n) is 18.7. The van der Waals surface area contributed by atoms with Gasteiger partial charge in [0.05, 0.1) is 22.5 Å². The Morgan fingerprint density at radius 2 is 0.852 bits per heavy atom. The van der Waals surface area contributed by atoms with Crippen LogP contribution in [0.4, 0.5) is 17.1 Å². The van der Waals surface area contributed by atoms with E-state index in [1.165, 1.54) is 66.4 Å². The molecule has 0 saturated heterocycles. The largest absolute Gasteiger partial charge is 0.309 e. The van der Waals surface area contributed by atoms with E-state index in [1.54, 1.807) is 0 Å². The van der Waals surface area contributed by atoms with Crippen molar-refractivity contribution in [3.63, 3.8) is 0 Å². The van der Waals surface area contributed by atoms with E-state index in [9.17, 15) is 0 Å². The Kier molecular flexibility index (Phi) is 7.78. The summed E-state index contributed by atoms with van der Waals surface area (Å²) in [5, 5.41) is 2.40. The van der Waals surface area contributed by atoms with Crippen molar-refractivity contribution in [2.45, 2.75) is 5.41 Å². The highest BCUT2D eigenvalue weighted by atomic mass is 15.1. The third-order valence-electron chi connectivity index (χ3n) is 11.1. The molecule has 254 valence electrons. The van der Waals surface area contributed by atoms with Crippen LogP contribution in [-0.4, -0.2) is 0 Å². The van der Waals surface area contributed by atoms with Gasteiger partial charge in [-0.2, -0.15) is 0 Å². The summed E-state index contributed by atoms with van der Waals surface area (Å²) >= 11 is 0. The molecule has 1 heteroatoms. The molecule has 0 N–H and O–H groups in total. The molecule has 0 radical (unpaired) electrons. The highest BCUT2D eigenvalue weighted by Gasteiger charge is 2.47. The van der Waals surface area contributed by atoms with Crippen LogP contribution in [0.15, 0.2) is 224 Å². The Bertz CT molecular complexity index is 2710. The lowest BCUT2D eigenvalue weighted by Crippen LogP contribution is -2.28. The standard InChI is InChI=1S/C53H37N/c1-5-19-38(20-6-1)41-35-36-45(39-21-7-2-8-22-39)51(37-41)54(49-33-17-24-40-23-13-14-29-44(40)49)50-34-18-32-48-52(50)46-30-15-16-31-47(46)53(48,42-25-9-3-10-26-42)43-27-11-4-12-28-43/h1-37H. The number of fused-ring (bicyclic) bond motifs is 4. The molecular weight excluding hydrogens is 651 g/mol. The Morgan fingerprint density at radius 1 is 0.315 bits per heavy atom. The summed E-state index contributed by atoms with van der Waals surface area (Å²) < 4.78 is 0. The van der Waals surface area contributed by atoms with Crippen LogP contribution in [0.1, 0.15) is 22.3 Å². The maximum Gasteiger partial charge on any atom is 0.0714 e. The van der Waals surface area contributed by atoms with Crippen molar-refractivity contribution >= 4 is 27.8 Å². The normalized spacial score (nSPS) is 12.6. The van der Waals surface area contributed by atoms with Crippen LogP contribution in [0.5, 0.6) is 0 Å². The zero-order valence-electron chi connectivity index (χ0n) is 29.8. The Balaban J connectivity index is 1.35.